The second-order valence-electron chi connectivity index (χ2n) is 4.99. The van der Waals surface area contributed by atoms with Crippen LogP contribution < -0.4 is 11.1 Å². The zero-order valence-corrected chi connectivity index (χ0v) is 12.8. The Morgan fingerprint density at radius 2 is 2.18 bits per heavy atom. The lowest BCUT2D eigenvalue weighted by Crippen LogP contribution is -2.06. The zero-order chi connectivity index (χ0) is 15.9. The summed E-state index contributed by atoms with van der Waals surface area (Å²) in [4.78, 5) is 12.9. The molecule has 0 saturated heterocycles. The van der Waals surface area contributed by atoms with Crippen LogP contribution in [-0.2, 0) is 6.54 Å². The molecule has 0 aliphatic carbocycles. The van der Waals surface area contributed by atoms with Crippen LogP contribution >= 0.6 is 0 Å². The van der Waals surface area contributed by atoms with Crippen LogP contribution in [0.25, 0.3) is 0 Å². The predicted octanol–water partition coefficient (Wildman–Crippen LogP) is 2.68. The average molecular weight is 301 g/mol. The molecule has 6 heteroatoms. The van der Waals surface area contributed by atoms with E-state index in [4.69, 9.17) is 5.73 Å². The van der Waals surface area contributed by atoms with Gasteiger partial charge >= 0.3 is 0 Å². The van der Waals surface area contributed by atoms with Gasteiger partial charge in [-0.1, -0.05) is 0 Å². The van der Waals surface area contributed by atoms with Crippen LogP contribution in [0.4, 0.5) is 15.9 Å². The maximum atomic E-state index is 12.2. The summed E-state index contributed by atoms with van der Waals surface area (Å²) < 4.78 is 12.2. The van der Waals surface area contributed by atoms with Gasteiger partial charge in [0, 0.05) is 42.1 Å². The third-order valence-corrected chi connectivity index (χ3v) is 3.24. The Morgan fingerprint density at radius 3 is 2.86 bits per heavy atom. The Morgan fingerprint density at radius 1 is 1.36 bits per heavy atom. The van der Waals surface area contributed by atoms with Crippen molar-refractivity contribution in [3.8, 4) is 0 Å². The number of aromatic nitrogens is 2. The van der Waals surface area contributed by atoms with Gasteiger partial charge in [0.05, 0.1) is 6.54 Å². The van der Waals surface area contributed by atoms with Crippen molar-refractivity contribution in [2.75, 3.05) is 24.3 Å². The number of nitrogens with one attached hydrogen (secondary N) is 1. The van der Waals surface area contributed by atoms with Crippen LogP contribution in [0.1, 0.15) is 22.4 Å². The topological polar surface area (TPSA) is 76.2 Å². The van der Waals surface area contributed by atoms with Crippen molar-refractivity contribution in [3.63, 3.8) is 0 Å². The van der Waals surface area contributed by atoms with Gasteiger partial charge in [-0.05, 0) is 37.1 Å². The van der Waals surface area contributed by atoms with Crippen molar-refractivity contribution in [1.29, 1.82) is 0 Å². The first-order chi connectivity index (χ1) is 10.6. The summed E-state index contributed by atoms with van der Waals surface area (Å²) in [5.74, 6) is 0.706. The van der Waals surface area contributed by atoms with Gasteiger partial charge in [-0.3, -0.25) is 9.98 Å². The summed E-state index contributed by atoms with van der Waals surface area (Å²) in [7, 11) is 0. The van der Waals surface area contributed by atoms with Crippen LogP contribution in [0.5, 0.6) is 0 Å². The minimum Gasteiger partial charge on any atom is -0.398 e. The first-order valence-electron chi connectivity index (χ1n) is 7.08. The van der Waals surface area contributed by atoms with Crippen LogP contribution in [-0.4, -0.2) is 29.4 Å². The Bertz CT molecular complexity index is 649. The second kappa shape index (κ2) is 7.49. The van der Waals surface area contributed by atoms with Crippen LogP contribution in [0.3, 0.4) is 0 Å². The van der Waals surface area contributed by atoms with E-state index in [9.17, 15) is 4.39 Å². The van der Waals surface area contributed by atoms with Gasteiger partial charge in [0.2, 0.25) is 0 Å². The summed E-state index contributed by atoms with van der Waals surface area (Å²) in [6.45, 7) is 4.19. The Balaban J connectivity index is 2.05. The molecule has 2 rings (SSSR count). The molecule has 0 amide bonds. The first kappa shape index (κ1) is 15.9. The fourth-order valence-corrected chi connectivity index (χ4v) is 2.08. The monoisotopic (exact) mass is 301 g/mol. The number of hydrogen-bond donors (Lipinski definition) is 2. The van der Waals surface area contributed by atoms with Gasteiger partial charge in [0.25, 0.3) is 0 Å². The Hall–Kier alpha value is -2.50. The lowest BCUT2D eigenvalue weighted by atomic mass is 10.2. The largest absolute Gasteiger partial charge is 0.398 e. The summed E-state index contributed by atoms with van der Waals surface area (Å²) in [6.07, 6.45) is 5.16. The molecule has 2 aromatic rings. The fraction of sp³-hybridized carbons (Fsp3) is 0.312. The van der Waals surface area contributed by atoms with E-state index in [1.165, 1.54) is 0 Å². The summed E-state index contributed by atoms with van der Waals surface area (Å²) >= 11 is 0. The maximum Gasteiger partial charge on any atom is 0.128 e. The van der Waals surface area contributed by atoms with Gasteiger partial charge in [0.15, 0.2) is 0 Å². The molecular weight excluding hydrogens is 281 g/mol. The highest BCUT2D eigenvalue weighted by Crippen LogP contribution is 2.14. The molecule has 2 aromatic heterocycles. The highest BCUT2D eigenvalue weighted by atomic mass is 19.1. The number of aryl methyl sites for hydroxylation is 2. The lowest BCUT2D eigenvalue weighted by Gasteiger charge is -2.08. The first-order valence-corrected chi connectivity index (χ1v) is 7.08. The summed E-state index contributed by atoms with van der Waals surface area (Å²) in [5, 5.41) is 2.94. The maximum absolute atomic E-state index is 12.2. The van der Waals surface area contributed by atoms with Gasteiger partial charge in [0.1, 0.15) is 12.5 Å². The van der Waals surface area contributed by atoms with Gasteiger partial charge in [-0.25, -0.2) is 9.37 Å². The third-order valence-electron chi connectivity index (χ3n) is 3.24. The average Bonchev–Trinajstić information content (AvgIpc) is 2.49. The molecule has 0 spiro atoms. The van der Waals surface area contributed by atoms with E-state index in [2.05, 4.69) is 20.3 Å². The van der Waals surface area contributed by atoms with E-state index < -0.39 is 6.67 Å². The van der Waals surface area contributed by atoms with E-state index in [1.807, 2.05) is 19.9 Å². The second-order valence-corrected chi connectivity index (χ2v) is 4.99. The van der Waals surface area contributed by atoms with Gasteiger partial charge in [-0.2, -0.15) is 0 Å². The van der Waals surface area contributed by atoms with Crippen molar-refractivity contribution in [3.05, 3.63) is 46.9 Å². The molecule has 0 saturated carbocycles. The number of nitrogen functional groups attached to an aromatic ring is 1. The van der Waals surface area contributed by atoms with E-state index in [0.29, 0.717) is 18.1 Å². The molecule has 2 heterocycles. The minimum atomic E-state index is -0.418. The van der Waals surface area contributed by atoms with Crippen LogP contribution in [0.2, 0.25) is 0 Å². The van der Waals surface area contributed by atoms with Crippen molar-refractivity contribution in [2.24, 2.45) is 4.99 Å². The number of pyridine rings is 2. The fourth-order valence-electron chi connectivity index (χ4n) is 2.08. The normalized spacial score (nSPS) is 11.0. The number of alkyl halides is 1. The smallest absolute Gasteiger partial charge is 0.128 e. The number of nitrogens with zero attached hydrogens (tertiary/aromatic N) is 3. The Labute approximate surface area is 129 Å². The van der Waals surface area contributed by atoms with Crippen molar-refractivity contribution < 1.29 is 4.39 Å². The molecule has 0 aromatic carbocycles. The number of anilines is 2. The minimum absolute atomic E-state index is 0.269. The molecule has 0 aliphatic rings. The van der Waals surface area contributed by atoms with E-state index >= 15 is 0 Å². The van der Waals surface area contributed by atoms with Crippen LogP contribution in [0, 0.1) is 13.8 Å². The summed E-state index contributed by atoms with van der Waals surface area (Å²) in [5.41, 5.74) is 10.2. The van der Waals surface area contributed by atoms with Gasteiger partial charge in [-0.15, -0.1) is 0 Å². The number of rotatable bonds is 6. The van der Waals surface area contributed by atoms with Crippen molar-refractivity contribution in [1.82, 2.24) is 9.97 Å². The molecule has 3 N–H and O–H groups in total. The predicted molar refractivity (Wildman–Crippen MR) is 88.1 cm³/mol. The molecular formula is C16H20FN5. The SMILES string of the molecule is Cc1cc(CN=Cc2c(N)ccnc2C)cnc1NCCF. The van der Waals surface area contributed by atoms with E-state index in [0.717, 1.165) is 22.4 Å². The number of aliphatic imine (C=N–C) groups is 1. The van der Waals surface area contributed by atoms with E-state index in [-0.39, 0.29) is 6.54 Å². The molecule has 5 nitrogen and oxygen atoms in total. The quantitative estimate of drug-likeness (QED) is 0.804. The number of halogens is 1. The van der Waals surface area contributed by atoms with Crippen molar-refractivity contribution >= 4 is 17.7 Å². The highest BCUT2D eigenvalue weighted by molar-refractivity contribution is 5.87. The van der Waals surface area contributed by atoms with Crippen LogP contribution in [0.15, 0.2) is 29.5 Å². The Kier molecular flexibility index (Phi) is 5.41. The molecule has 0 radical (unpaired) electrons. The highest BCUT2D eigenvalue weighted by Gasteiger charge is 2.02. The number of hydrogen-bond acceptors (Lipinski definition) is 5. The summed E-state index contributed by atoms with van der Waals surface area (Å²) in [6, 6.07) is 3.75. The molecule has 116 valence electrons. The zero-order valence-electron chi connectivity index (χ0n) is 12.8. The number of nitrogens with two attached hydrogens (primary N) is 1. The van der Waals surface area contributed by atoms with E-state index in [1.54, 1.807) is 24.7 Å². The molecule has 0 fully saturated rings. The lowest BCUT2D eigenvalue weighted by molar-refractivity contribution is 0.512. The van der Waals surface area contributed by atoms with Gasteiger partial charge < -0.3 is 11.1 Å². The molecule has 22 heavy (non-hydrogen) atoms. The molecule has 0 atom stereocenters. The molecule has 0 unspecified atom stereocenters. The molecule has 0 bridgehead atoms. The molecule has 0 aliphatic heterocycles. The van der Waals surface area contributed by atoms with Crippen molar-refractivity contribution in [2.45, 2.75) is 20.4 Å². The third kappa shape index (κ3) is 4.00. The standard InChI is InChI=1S/C16H20FN5/c1-11-7-13(9-22-16(11)21-6-4-17)8-19-10-14-12(2)20-5-3-15(14)18/h3,5,7,9-10H,4,6,8H2,1-2H3,(H2,18,20)(H,21,22).